The van der Waals surface area contributed by atoms with E-state index in [-0.39, 0.29) is 118 Å². The molecule has 353 valence electrons. The normalized spacial score (nSPS) is 8.75. The summed E-state index contributed by atoms with van der Waals surface area (Å²) in [5, 5.41) is 111. The zero-order valence-electron chi connectivity index (χ0n) is 32.5. The van der Waals surface area contributed by atoms with Gasteiger partial charge in [0.2, 0.25) is 0 Å². The molecule has 2 aromatic rings. The van der Waals surface area contributed by atoms with Crippen molar-refractivity contribution in [2.24, 2.45) is 0 Å². The number of pyridine rings is 2. The van der Waals surface area contributed by atoms with Gasteiger partial charge in [0.1, 0.15) is 0 Å². The summed E-state index contributed by atoms with van der Waals surface area (Å²) in [7, 11) is 3.00. The summed E-state index contributed by atoms with van der Waals surface area (Å²) in [4.78, 5) is 75.5. The van der Waals surface area contributed by atoms with Crippen molar-refractivity contribution in [3.05, 3.63) is 129 Å². The van der Waals surface area contributed by atoms with Gasteiger partial charge in [0.05, 0.1) is 38.0 Å². The van der Waals surface area contributed by atoms with Crippen molar-refractivity contribution < 1.29 is 165 Å². The Labute approximate surface area is 397 Å². The van der Waals surface area contributed by atoms with Gasteiger partial charge in [-0.3, -0.25) is 29.1 Å². The molecule has 0 unspecified atom stereocenters. The largest absolute Gasteiger partial charge is 3.00 e. The molecule has 1 radical (unpaired) electrons. The minimum Gasteiger partial charge on any atom is -0.871 e. The molecule has 0 aliphatic rings. The fourth-order valence-corrected chi connectivity index (χ4v) is 2.45. The molecule has 61 heavy (non-hydrogen) atoms. The molecule has 0 aliphatic heterocycles. The Morgan fingerprint density at radius 2 is 0.574 bits per heavy atom. The van der Waals surface area contributed by atoms with E-state index < -0.39 is 61.4 Å². The Balaban J connectivity index is -0.0000000456. The number of aliphatic hydroxyl groups is 3. The van der Waals surface area contributed by atoms with Crippen LogP contribution >= 0.6 is 0 Å². The van der Waals surface area contributed by atoms with Crippen LogP contribution in [0.3, 0.4) is 0 Å². The van der Waals surface area contributed by atoms with Gasteiger partial charge in [-0.25, -0.2) is 0 Å². The van der Waals surface area contributed by atoms with Gasteiger partial charge >= 0.3 is 73.4 Å². The number of hydrogen-bond acceptors (Lipinski definition) is 22. The molecular weight excluding hydrogens is 1070 g/mol. The Hall–Kier alpha value is -5.22. The molecule has 0 amide bonds. The van der Waals surface area contributed by atoms with Gasteiger partial charge in [-0.05, 0) is 76.3 Å². The fraction of sp³-hybridized carbons (Fsp3) is 0.241. The van der Waals surface area contributed by atoms with Gasteiger partial charge in [0, 0.05) is 21.3 Å². The second-order valence-corrected chi connectivity index (χ2v) is 7.96. The summed E-state index contributed by atoms with van der Waals surface area (Å²) in [5.41, 5.74) is -0.0259. The van der Waals surface area contributed by atoms with Gasteiger partial charge in [-0.2, -0.15) is 0 Å². The molecule has 29 nitrogen and oxygen atoms in total. The van der Waals surface area contributed by atoms with E-state index in [1.807, 2.05) is 0 Å². The molecule has 0 spiro atoms. The maximum absolute atomic E-state index is 11.5. The van der Waals surface area contributed by atoms with Gasteiger partial charge in [0.25, 0.3) is 0 Å². The van der Waals surface area contributed by atoms with Crippen LogP contribution < -0.4 is 20.4 Å². The van der Waals surface area contributed by atoms with Gasteiger partial charge in [-0.1, -0.05) is 35.2 Å². The number of carbonyl (C=O) groups is 4. The predicted molar refractivity (Wildman–Crippen MR) is 196 cm³/mol. The van der Waals surface area contributed by atoms with Crippen LogP contribution in [0.4, 0.5) is 0 Å². The average Bonchev–Trinajstić information content (AvgIpc) is 3.06. The molecule has 32 heteroatoms. The second kappa shape index (κ2) is 59.1. The van der Waals surface area contributed by atoms with Gasteiger partial charge in [0.15, 0.2) is 23.1 Å². The number of aromatic nitrogens is 2. The van der Waals surface area contributed by atoms with Crippen LogP contribution in [-0.2, 0) is 63.1 Å². The molecule has 13 N–H and O–H groups in total. The maximum Gasteiger partial charge on any atom is 3.00 e. The second-order valence-electron chi connectivity index (χ2n) is 7.96. The first-order chi connectivity index (χ1) is 25.0. The molecule has 0 saturated carbocycles. The zero-order chi connectivity index (χ0) is 44.1. The number of ketones is 4. The molecule has 0 atom stereocenters. The van der Waals surface area contributed by atoms with Crippen molar-refractivity contribution in [2.45, 2.75) is 27.7 Å². The monoisotopic (exact) mass is 1110 g/mol. The Kier molecular flexibility index (Phi) is 88.6. The topological polar surface area (TPSA) is 575 Å². The summed E-state index contributed by atoms with van der Waals surface area (Å²) in [6.07, 6.45) is 3.58. The molecular formula is C29H44N5Ni2O24Sm+2. The van der Waals surface area contributed by atoms with Crippen molar-refractivity contribution in [1.29, 1.82) is 0 Å². The third kappa shape index (κ3) is 69.7. The zero-order valence-corrected chi connectivity index (χ0v) is 37.1. The number of hydrogen-bond donors (Lipinski definition) is 3. The van der Waals surface area contributed by atoms with E-state index in [0.717, 1.165) is 45.6 Å². The number of carbonyl (C=O) groups excluding carboxylic acids is 4. The van der Waals surface area contributed by atoms with E-state index in [9.17, 15) is 39.6 Å². The van der Waals surface area contributed by atoms with Gasteiger partial charge in [-0.15, -0.1) is 0 Å². The van der Waals surface area contributed by atoms with Crippen molar-refractivity contribution in [1.82, 2.24) is 9.97 Å². The van der Waals surface area contributed by atoms with Crippen molar-refractivity contribution in [3.8, 4) is 0 Å². The SMILES string of the molecule is CC(=O)/C=C(\[O-])c1cccc(/C([O-])=C/C(C)=O)n1.CC(=O)/C=C(\[O-])c1cccc(/C([O-])=C/C(C)=O)n1.CO.CO.CO.O.O.O=[N+]([O-])[O-].O=[N+]([O-])[O-].O=[N+]([O-])[O-].[Ni+2].[Ni+2].[OH3+].[OH3+].[Sm+3]. The van der Waals surface area contributed by atoms with E-state index in [4.69, 9.17) is 61.3 Å². The van der Waals surface area contributed by atoms with E-state index in [1.54, 1.807) is 0 Å². The summed E-state index contributed by atoms with van der Waals surface area (Å²) < 4.78 is 0. The Morgan fingerprint density at radius 3 is 0.672 bits per heavy atom. The molecule has 2 heterocycles. The van der Waals surface area contributed by atoms with Crippen LogP contribution in [0.1, 0.15) is 50.5 Å². The summed E-state index contributed by atoms with van der Waals surface area (Å²) in [6.45, 7) is 4.99. The average molecular weight is 1110 g/mol. The molecule has 0 aromatic carbocycles. The first-order valence-electron chi connectivity index (χ1n) is 13.3. The van der Waals surface area contributed by atoms with Crippen LogP contribution in [0.5, 0.6) is 0 Å². The minimum absolute atomic E-state index is 0. The molecule has 2 rings (SSSR count). The van der Waals surface area contributed by atoms with Crippen LogP contribution in [-0.4, -0.2) is 96.0 Å². The smallest absolute Gasteiger partial charge is 0.871 e. The van der Waals surface area contributed by atoms with Crippen LogP contribution in [0, 0.1) is 86.4 Å². The molecule has 0 saturated heterocycles. The number of allylic oxidation sites excluding steroid dienone is 4. The third-order valence-corrected chi connectivity index (χ3v) is 3.85. The molecule has 0 aliphatic carbocycles. The summed E-state index contributed by atoms with van der Waals surface area (Å²) in [6, 6.07) is 8.52. The minimum atomic E-state index is -1.75. The Bertz CT molecular complexity index is 1400. The molecule has 0 fully saturated rings. The first-order valence-corrected chi connectivity index (χ1v) is 13.3. The van der Waals surface area contributed by atoms with Gasteiger partial charge < -0.3 is 104 Å². The van der Waals surface area contributed by atoms with Crippen LogP contribution in [0.15, 0.2) is 60.7 Å². The van der Waals surface area contributed by atoms with Crippen LogP contribution in [0.25, 0.3) is 23.0 Å². The van der Waals surface area contributed by atoms with Crippen molar-refractivity contribution in [3.63, 3.8) is 0 Å². The number of aliphatic hydroxyl groups excluding tert-OH is 3. The maximum atomic E-state index is 11.5. The summed E-state index contributed by atoms with van der Waals surface area (Å²) >= 11 is 0. The predicted octanol–water partition coefficient (Wildman–Crippen LogP) is -6.07. The van der Waals surface area contributed by atoms with Crippen LogP contribution in [0.2, 0.25) is 0 Å². The quantitative estimate of drug-likeness (QED) is 0.0553. The number of rotatable bonds is 8. The van der Waals surface area contributed by atoms with E-state index in [0.29, 0.717) is 0 Å². The van der Waals surface area contributed by atoms with E-state index in [1.165, 1.54) is 64.1 Å². The van der Waals surface area contributed by atoms with Crippen molar-refractivity contribution >= 4 is 46.2 Å². The molecule has 0 bridgehead atoms. The van der Waals surface area contributed by atoms with E-state index in [2.05, 4.69) is 9.97 Å². The molecule has 2 aromatic heterocycles. The fourth-order valence-electron chi connectivity index (χ4n) is 2.45. The first kappa shape index (κ1) is 91.5. The third-order valence-electron chi connectivity index (χ3n) is 3.85. The van der Waals surface area contributed by atoms with Crippen molar-refractivity contribution in [2.75, 3.05) is 21.3 Å². The van der Waals surface area contributed by atoms with E-state index >= 15 is 0 Å². The Morgan fingerprint density at radius 1 is 0.459 bits per heavy atom. The number of nitrogens with zero attached hydrogens (tertiary/aromatic N) is 5. The summed E-state index contributed by atoms with van der Waals surface area (Å²) in [5.74, 6) is -3.86. The standard InChI is InChI=1S/2C13H13NO4.3CH4O.3NO3.2Ni.4H2O.Sm/c2*1-8(15)6-12(17)10-4-3-5-11(14-10)13(18)7-9(2)16;3*1-2;3*2-1(3)4;;;;;;;/h2*3-7,17-18H,1-2H3;3*2H,1H3;;;;;;4*1H2;/q;;;;;3*-1;2*+2;;;;;+3/p-2/b2*12-6-,13-7-;;;;;;;;;;;;;.